The topological polar surface area (TPSA) is 67.9 Å². The van der Waals surface area contributed by atoms with E-state index in [1.807, 2.05) is 50.2 Å². The first kappa shape index (κ1) is 21.3. The number of carbonyl (C=O) groups excluding carboxylic acids is 2. The Morgan fingerprint density at radius 3 is 2.36 bits per heavy atom. The summed E-state index contributed by atoms with van der Waals surface area (Å²) in [5, 5.41) is 2.88. The molecule has 150 valence electrons. The number of ether oxygens (including phenoxy) is 2. The number of rotatable bonds is 8. The second kappa shape index (κ2) is 9.78. The van der Waals surface area contributed by atoms with Crippen molar-refractivity contribution in [1.82, 2.24) is 5.32 Å². The van der Waals surface area contributed by atoms with Crippen molar-refractivity contribution < 1.29 is 19.1 Å². The third kappa shape index (κ3) is 5.49. The number of benzene rings is 2. The number of hydrogen-bond acceptors (Lipinski definition) is 4. The Hall–Kier alpha value is -3.02. The van der Waals surface area contributed by atoms with Crippen LogP contribution in [0.2, 0.25) is 0 Å². The predicted molar refractivity (Wildman–Crippen MR) is 110 cm³/mol. The molecule has 0 radical (unpaired) electrons. The Bertz CT molecular complexity index is 848. The number of methoxy groups -OCH3 is 2. The molecule has 0 spiro atoms. The first-order chi connectivity index (χ1) is 13.3. The monoisotopic (exact) mass is 384 g/mol. The summed E-state index contributed by atoms with van der Waals surface area (Å²) in [6.45, 7) is 5.82. The summed E-state index contributed by atoms with van der Waals surface area (Å²) >= 11 is 0. The fraction of sp³-hybridized carbons (Fsp3) is 0.364. The highest BCUT2D eigenvalue weighted by Gasteiger charge is 2.17. The van der Waals surface area contributed by atoms with Gasteiger partial charge >= 0.3 is 0 Å². The van der Waals surface area contributed by atoms with Gasteiger partial charge in [0.25, 0.3) is 0 Å². The molecule has 28 heavy (non-hydrogen) atoms. The van der Waals surface area contributed by atoms with Gasteiger partial charge in [0.1, 0.15) is 6.54 Å². The van der Waals surface area contributed by atoms with Gasteiger partial charge in [-0.1, -0.05) is 18.2 Å². The van der Waals surface area contributed by atoms with E-state index in [0.29, 0.717) is 24.5 Å². The van der Waals surface area contributed by atoms with Crippen molar-refractivity contribution in [3.63, 3.8) is 0 Å². The third-order valence-corrected chi connectivity index (χ3v) is 4.52. The molecular formula is C22H28N2O4. The van der Waals surface area contributed by atoms with Gasteiger partial charge < -0.3 is 19.7 Å². The van der Waals surface area contributed by atoms with Crippen LogP contribution in [0.25, 0.3) is 0 Å². The van der Waals surface area contributed by atoms with E-state index in [1.54, 1.807) is 14.2 Å². The average molecular weight is 384 g/mol. The molecule has 2 amide bonds. The zero-order chi connectivity index (χ0) is 20.7. The number of nitrogens with zero attached hydrogens (tertiary/aromatic N) is 1. The van der Waals surface area contributed by atoms with E-state index in [4.69, 9.17) is 9.47 Å². The highest BCUT2D eigenvalue weighted by molar-refractivity contribution is 5.98. The summed E-state index contributed by atoms with van der Waals surface area (Å²) in [5.41, 5.74) is 3.79. The lowest BCUT2D eigenvalue weighted by atomic mass is 10.1. The van der Waals surface area contributed by atoms with Crippen LogP contribution < -0.4 is 19.7 Å². The van der Waals surface area contributed by atoms with E-state index in [1.165, 1.54) is 11.8 Å². The Balaban J connectivity index is 1.97. The number of aryl methyl sites for hydroxylation is 2. The molecule has 0 bridgehead atoms. The van der Waals surface area contributed by atoms with Crippen molar-refractivity contribution in [2.24, 2.45) is 0 Å². The molecular weight excluding hydrogens is 356 g/mol. The molecule has 0 saturated heterocycles. The minimum absolute atomic E-state index is 0.00837. The highest BCUT2D eigenvalue weighted by Crippen LogP contribution is 2.27. The fourth-order valence-corrected chi connectivity index (χ4v) is 2.96. The lowest BCUT2D eigenvalue weighted by molar-refractivity contribution is -0.123. The highest BCUT2D eigenvalue weighted by atomic mass is 16.5. The first-order valence-corrected chi connectivity index (χ1v) is 9.18. The van der Waals surface area contributed by atoms with Crippen molar-refractivity contribution in [2.45, 2.75) is 27.2 Å². The number of nitrogens with one attached hydrogen (secondary N) is 1. The van der Waals surface area contributed by atoms with Crippen LogP contribution in [0.3, 0.4) is 0 Å². The quantitative estimate of drug-likeness (QED) is 0.760. The van der Waals surface area contributed by atoms with Gasteiger partial charge in [-0.15, -0.1) is 0 Å². The number of amides is 2. The van der Waals surface area contributed by atoms with Crippen LogP contribution in [-0.4, -0.2) is 39.1 Å². The van der Waals surface area contributed by atoms with Gasteiger partial charge in [0.15, 0.2) is 11.5 Å². The molecule has 6 nitrogen and oxygen atoms in total. The number of carbonyl (C=O) groups is 2. The minimum Gasteiger partial charge on any atom is -0.493 e. The Labute approximate surface area is 166 Å². The molecule has 2 rings (SSSR count). The molecule has 0 atom stereocenters. The summed E-state index contributed by atoms with van der Waals surface area (Å²) in [6.07, 6.45) is 0.648. The van der Waals surface area contributed by atoms with Gasteiger partial charge in [-0.3, -0.25) is 9.59 Å². The van der Waals surface area contributed by atoms with E-state index in [-0.39, 0.29) is 18.4 Å². The maximum Gasteiger partial charge on any atom is 0.240 e. The van der Waals surface area contributed by atoms with Crippen LogP contribution in [0.5, 0.6) is 11.5 Å². The molecule has 0 fully saturated rings. The maximum atomic E-state index is 12.4. The van der Waals surface area contributed by atoms with Crippen molar-refractivity contribution in [3.8, 4) is 11.5 Å². The van der Waals surface area contributed by atoms with E-state index in [2.05, 4.69) is 5.32 Å². The molecule has 0 aliphatic rings. The SMILES string of the molecule is COc1ccc(CCNC(=O)CN(C(C)=O)c2cc(C)ccc2C)cc1OC. The van der Waals surface area contributed by atoms with Gasteiger partial charge in [0.05, 0.1) is 14.2 Å². The van der Waals surface area contributed by atoms with E-state index >= 15 is 0 Å². The van der Waals surface area contributed by atoms with Crippen molar-refractivity contribution in [3.05, 3.63) is 53.1 Å². The normalized spacial score (nSPS) is 10.3. The summed E-state index contributed by atoms with van der Waals surface area (Å²) in [6, 6.07) is 11.5. The number of hydrogen-bond donors (Lipinski definition) is 1. The van der Waals surface area contributed by atoms with Crippen molar-refractivity contribution in [1.29, 1.82) is 0 Å². The van der Waals surface area contributed by atoms with Crippen LogP contribution in [0, 0.1) is 13.8 Å². The molecule has 2 aromatic carbocycles. The van der Waals surface area contributed by atoms with Crippen LogP contribution >= 0.6 is 0 Å². The second-order valence-electron chi connectivity index (χ2n) is 6.68. The van der Waals surface area contributed by atoms with Crippen molar-refractivity contribution in [2.75, 3.05) is 32.2 Å². The smallest absolute Gasteiger partial charge is 0.240 e. The molecule has 0 unspecified atom stereocenters. The van der Waals surface area contributed by atoms with Crippen molar-refractivity contribution >= 4 is 17.5 Å². The Kier molecular flexibility index (Phi) is 7.44. The van der Waals surface area contributed by atoms with Crippen LogP contribution in [0.4, 0.5) is 5.69 Å². The molecule has 2 aromatic rings. The lowest BCUT2D eigenvalue weighted by Crippen LogP contribution is -2.40. The molecule has 0 aliphatic heterocycles. The summed E-state index contributed by atoms with van der Waals surface area (Å²) < 4.78 is 10.5. The predicted octanol–water partition coefficient (Wildman–Crippen LogP) is 3.03. The van der Waals surface area contributed by atoms with Crippen LogP contribution in [0.1, 0.15) is 23.6 Å². The molecule has 0 saturated carbocycles. The summed E-state index contributed by atoms with van der Waals surface area (Å²) in [5.74, 6) is 0.963. The molecule has 6 heteroatoms. The summed E-state index contributed by atoms with van der Waals surface area (Å²) in [7, 11) is 3.18. The van der Waals surface area contributed by atoms with Gasteiger partial charge in [-0.25, -0.2) is 0 Å². The van der Waals surface area contributed by atoms with E-state index in [0.717, 1.165) is 22.4 Å². The number of anilines is 1. The standard InChI is InChI=1S/C22H28N2O4/c1-15-6-7-16(2)19(12-15)24(17(3)25)14-22(26)23-11-10-18-8-9-20(27-4)21(13-18)28-5/h6-9,12-13H,10-11,14H2,1-5H3,(H,23,26). The molecule has 0 aromatic heterocycles. The molecule has 0 heterocycles. The van der Waals surface area contributed by atoms with Crippen LogP contribution in [0.15, 0.2) is 36.4 Å². The zero-order valence-corrected chi connectivity index (χ0v) is 17.2. The van der Waals surface area contributed by atoms with Gasteiger partial charge in [-0.2, -0.15) is 0 Å². The van der Waals surface area contributed by atoms with E-state index < -0.39 is 0 Å². The average Bonchev–Trinajstić information content (AvgIpc) is 2.67. The lowest BCUT2D eigenvalue weighted by Gasteiger charge is -2.23. The third-order valence-electron chi connectivity index (χ3n) is 4.52. The fourth-order valence-electron chi connectivity index (χ4n) is 2.96. The van der Waals surface area contributed by atoms with Gasteiger partial charge in [0, 0.05) is 19.2 Å². The zero-order valence-electron chi connectivity index (χ0n) is 17.2. The van der Waals surface area contributed by atoms with Gasteiger partial charge in [-0.05, 0) is 55.2 Å². The minimum atomic E-state index is -0.198. The largest absolute Gasteiger partial charge is 0.493 e. The first-order valence-electron chi connectivity index (χ1n) is 9.18. The van der Waals surface area contributed by atoms with Crippen LogP contribution in [-0.2, 0) is 16.0 Å². The van der Waals surface area contributed by atoms with E-state index in [9.17, 15) is 9.59 Å². The second-order valence-corrected chi connectivity index (χ2v) is 6.68. The molecule has 0 aliphatic carbocycles. The summed E-state index contributed by atoms with van der Waals surface area (Å²) in [4.78, 5) is 26.0. The maximum absolute atomic E-state index is 12.4. The Morgan fingerprint density at radius 1 is 1.00 bits per heavy atom. The Morgan fingerprint density at radius 2 is 1.71 bits per heavy atom. The molecule has 1 N–H and O–H groups in total. The van der Waals surface area contributed by atoms with Gasteiger partial charge in [0.2, 0.25) is 11.8 Å².